The van der Waals surface area contributed by atoms with Crippen LogP contribution < -0.4 is 76.9 Å². The monoisotopic (exact) mass is 1180 g/mol. The molecule has 1 aromatic carbocycles. The fraction of sp³-hybridized carbons (Fsp3) is 0.647. The van der Waals surface area contributed by atoms with Gasteiger partial charge in [0.25, 0.3) is 0 Å². The number of thioether (sulfide) groups is 2. The highest BCUT2D eigenvalue weighted by Crippen LogP contribution is 2.14. The first kappa shape index (κ1) is 72.1. The molecule has 0 unspecified atom stereocenters. The smallest absolute Gasteiger partial charge is 0.326 e. The zero-order chi connectivity index (χ0) is 61.4. The Morgan fingerprint density at radius 1 is 0.543 bits per heavy atom. The van der Waals surface area contributed by atoms with E-state index >= 15 is 0 Å². The highest BCUT2D eigenvalue weighted by atomic mass is 32.2. The van der Waals surface area contributed by atoms with Gasteiger partial charge in [-0.25, -0.2) is 4.79 Å². The van der Waals surface area contributed by atoms with E-state index in [1.165, 1.54) is 30.4 Å². The lowest BCUT2D eigenvalue weighted by molar-refractivity contribution is -0.143. The minimum absolute atomic E-state index is 0.0323. The van der Waals surface area contributed by atoms with Gasteiger partial charge in [0.2, 0.25) is 53.2 Å². The van der Waals surface area contributed by atoms with Gasteiger partial charge in [0.1, 0.15) is 48.3 Å². The molecule has 30 heteroatoms. The highest BCUT2D eigenvalue weighted by molar-refractivity contribution is 7.98. The molecule has 0 aliphatic heterocycles. The number of hydrogen-bond acceptors (Lipinski definition) is 16. The lowest BCUT2D eigenvalue weighted by atomic mass is 9.96. The molecule has 0 spiro atoms. The molecule has 0 aromatic heterocycles. The summed E-state index contributed by atoms with van der Waals surface area (Å²) >= 11 is 2.77. The number of carboxylic acids is 1. The number of benzene rings is 1. The maximum atomic E-state index is 14.4. The van der Waals surface area contributed by atoms with Crippen LogP contribution in [0.25, 0.3) is 0 Å². The van der Waals surface area contributed by atoms with Gasteiger partial charge >= 0.3 is 5.97 Å². The van der Waals surface area contributed by atoms with Crippen LogP contribution in [0.2, 0.25) is 0 Å². The number of nitrogens with one attached hydrogen (secondary N) is 8. The summed E-state index contributed by atoms with van der Waals surface area (Å²) < 4.78 is 0. The Kier molecular flexibility index (Phi) is 34.4. The number of carboxylic acid groups (broad SMARTS) is 1. The second-order valence-electron chi connectivity index (χ2n) is 19.9. The Morgan fingerprint density at radius 2 is 0.975 bits per heavy atom. The van der Waals surface area contributed by atoms with Crippen molar-refractivity contribution in [2.24, 2.45) is 56.2 Å². The van der Waals surface area contributed by atoms with E-state index in [0.717, 1.165) is 0 Å². The third-order valence-electron chi connectivity index (χ3n) is 12.5. The Hall–Kier alpha value is -6.92. The van der Waals surface area contributed by atoms with Crippen LogP contribution in [0.1, 0.15) is 98.0 Å². The van der Waals surface area contributed by atoms with Gasteiger partial charge in [0.05, 0.1) is 18.6 Å². The van der Waals surface area contributed by atoms with E-state index in [0.29, 0.717) is 29.9 Å². The van der Waals surface area contributed by atoms with Crippen LogP contribution in [-0.4, -0.2) is 179 Å². The molecular formula is C51H88N16O12S2. The molecule has 0 bridgehead atoms. The molecule has 28 nitrogen and oxygen atoms in total. The number of primary amides is 1. The van der Waals surface area contributed by atoms with Crippen molar-refractivity contribution in [2.75, 3.05) is 37.1 Å². The first-order valence-corrected chi connectivity index (χ1v) is 29.4. The fourth-order valence-corrected chi connectivity index (χ4v) is 8.77. The molecule has 0 aliphatic carbocycles. The second-order valence-corrected chi connectivity index (χ2v) is 21.8. The number of aliphatic imine (C=N–C) groups is 2. The number of nitrogens with zero attached hydrogens (tertiary/aromatic N) is 2. The van der Waals surface area contributed by atoms with Gasteiger partial charge in [-0.15, -0.1) is 0 Å². The zero-order valence-corrected chi connectivity index (χ0v) is 49.0. The first-order valence-electron chi connectivity index (χ1n) is 26.7. The normalized spacial score (nSPS) is 15.1. The van der Waals surface area contributed by atoms with Crippen LogP contribution >= 0.6 is 23.5 Å². The number of nitrogens with two attached hydrogens (primary N) is 6. The molecule has 9 amide bonds. The summed E-state index contributed by atoms with van der Waals surface area (Å²) in [5.74, 6) is -9.76. The lowest BCUT2D eigenvalue weighted by Crippen LogP contribution is -2.62. The van der Waals surface area contributed by atoms with Crippen LogP contribution in [-0.2, 0) is 54.4 Å². The Morgan fingerprint density at radius 3 is 1.48 bits per heavy atom. The number of hydrogen-bond donors (Lipinski definition) is 16. The summed E-state index contributed by atoms with van der Waals surface area (Å²) in [6.07, 6.45) is 2.11. The summed E-state index contributed by atoms with van der Waals surface area (Å²) in [4.78, 5) is 144. The predicted molar refractivity (Wildman–Crippen MR) is 311 cm³/mol. The van der Waals surface area contributed by atoms with E-state index in [9.17, 15) is 58.2 Å². The molecular weight excluding hydrogens is 1090 g/mol. The largest absolute Gasteiger partial charge is 0.480 e. The molecule has 81 heavy (non-hydrogen) atoms. The first-order chi connectivity index (χ1) is 38.1. The van der Waals surface area contributed by atoms with E-state index in [4.69, 9.17) is 34.4 Å². The summed E-state index contributed by atoms with van der Waals surface area (Å²) in [5, 5.41) is 40.9. The molecule has 22 N–H and O–H groups in total. The maximum absolute atomic E-state index is 14.4. The number of aliphatic hydroxyl groups is 1. The summed E-state index contributed by atoms with van der Waals surface area (Å²) in [7, 11) is 0. The SMILES string of the molecule is CC[C@H](C)[C@H](NC(=O)[C@H](CC(C)C)NC(=O)[C@H](CCSC)NC(=O)[C@@H](N)CCCN=C(N)N)C(=O)N[C@@H](CC(N)=O)C(=O)N[C@@H](CCCN=C(N)N)C(=O)N[C@@H](Cc1ccccc1)C(=O)N[C@H](C(=O)N[C@@H](CCSC)C(=O)O)[C@@H](C)O. The Balaban J connectivity index is 3.60. The van der Waals surface area contributed by atoms with Gasteiger partial charge in [-0.05, 0) is 93.3 Å². The van der Waals surface area contributed by atoms with Gasteiger partial charge in [-0.3, -0.25) is 53.1 Å². The molecule has 456 valence electrons. The molecule has 0 saturated heterocycles. The molecule has 0 saturated carbocycles. The predicted octanol–water partition coefficient (Wildman–Crippen LogP) is -3.52. The lowest BCUT2D eigenvalue weighted by Gasteiger charge is -2.30. The minimum Gasteiger partial charge on any atom is -0.480 e. The van der Waals surface area contributed by atoms with Crippen molar-refractivity contribution in [2.45, 2.75) is 159 Å². The van der Waals surface area contributed by atoms with Crippen molar-refractivity contribution in [3.05, 3.63) is 35.9 Å². The van der Waals surface area contributed by atoms with Crippen LogP contribution in [0.3, 0.4) is 0 Å². The number of amides is 9. The average Bonchev–Trinajstić information content (AvgIpc) is 3.39. The van der Waals surface area contributed by atoms with E-state index in [-0.39, 0.29) is 75.9 Å². The maximum Gasteiger partial charge on any atom is 0.326 e. The molecule has 0 heterocycles. The second kappa shape index (κ2) is 38.7. The van der Waals surface area contributed by atoms with E-state index < -0.39 is 132 Å². The van der Waals surface area contributed by atoms with Crippen LogP contribution in [0.5, 0.6) is 0 Å². The number of carbonyl (C=O) groups excluding carboxylic acids is 9. The summed E-state index contributed by atoms with van der Waals surface area (Å²) in [6.45, 7) is 8.41. The van der Waals surface area contributed by atoms with Gasteiger partial charge in [-0.2, -0.15) is 23.5 Å². The van der Waals surface area contributed by atoms with Crippen molar-refractivity contribution in [3.63, 3.8) is 0 Å². The molecule has 1 rings (SSSR count). The van der Waals surface area contributed by atoms with Gasteiger partial charge < -0.3 is 87.1 Å². The van der Waals surface area contributed by atoms with Crippen molar-refractivity contribution in [3.8, 4) is 0 Å². The number of aliphatic carboxylic acids is 1. The van der Waals surface area contributed by atoms with Crippen molar-refractivity contribution in [1.82, 2.24) is 42.5 Å². The highest BCUT2D eigenvalue weighted by Gasteiger charge is 2.37. The third-order valence-corrected chi connectivity index (χ3v) is 13.8. The number of aliphatic hydroxyl groups excluding tert-OH is 1. The third kappa shape index (κ3) is 28.9. The van der Waals surface area contributed by atoms with Gasteiger partial charge in [0, 0.05) is 19.5 Å². The van der Waals surface area contributed by atoms with Crippen LogP contribution in [0.15, 0.2) is 40.3 Å². The topological polar surface area (TPSA) is 488 Å². The summed E-state index contributed by atoms with van der Waals surface area (Å²) in [6, 6.07) is -4.17. The van der Waals surface area contributed by atoms with Crippen LogP contribution in [0, 0.1) is 11.8 Å². The van der Waals surface area contributed by atoms with Crippen LogP contribution in [0.4, 0.5) is 0 Å². The zero-order valence-electron chi connectivity index (χ0n) is 47.4. The molecule has 0 radical (unpaired) electrons. The van der Waals surface area contributed by atoms with Gasteiger partial charge in [-0.1, -0.05) is 64.4 Å². The Bertz CT molecular complexity index is 2270. The minimum atomic E-state index is -1.75. The number of rotatable bonds is 40. The van der Waals surface area contributed by atoms with E-state index in [1.54, 1.807) is 50.4 Å². The average molecular weight is 1180 g/mol. The molecule has 1 aromatic rings. The molecule has 11 atom stereocenters. The van der Waals surface area contributed by atoms with Gasteiger partial charge in [0.15, 0.2) is 11.9 Å². The van der Waals surface area contributed by atoms with E-state index in [2.05, 4.69) is 52.5 Å². The number of guanidine groups is 2. The summed E-state index contributed by atoms with van der Waals surface area (Å²) in [5.41, 5.74) is 34.0. The molecule has 0 fully saturated rings. The van der Waals surface area contributed by atoms with Crippen molar-refractivity contribution in [1.29, 1.82) is 0 Å². The van der Waals surface area contributed by atoms with Crippen molar-refractivity contribution >= 4 is 94.6 Å². The van der Waals surface area contributed by atoms with Crippen molar-refractivity contribution < 1.29 is 58.2 Å². The fourth-order valence-electron chi connectivity index (χ4n) is 7.83. The van der Waals surface area contributed by atoms with E-state index in [1.807, 2.05) is 20.1 Å². The quantitative estimate of drug-likeness (QED) is 0.0172. The molecule has 0 aliphatic rings. The Labute approximate surface area is 482 Å². The standard InChI is InChI=1S/C51H88N16O12S2/c1-8-28(4)39(66-45(74)35(24-27(2)3)63-43(72)33(18-22-80-6)60-41(70)31(52)16-12-20-58-50(54)55)47(76)65-37(26-38(53)69)44(73)61-32(17-13-21-59-51(56)57)42(71)64-36(25-30-14-10-9-11-15-30)46(75)67-40(29(5)68)48(77)62-34(49(78)79)19-23-81-7/h9-11,14-15,27-29,31-37,39-40,68H,8,12-13,16-26,52H2,1-7H3,(H2,53,69)(H,60,70)(H,61,73)(H,62,77)(H,63,72)(H,64,71)(H,65,76)(H,66,74)(H,67,75)(H,78,79)(H4,54,55,58)(H4,56,57,59)/t28-,29+,31-,32-,33-,34-,35-,36-,37-,39-,40-/m0/s1. The number of carbonyl (C=O) groups is 10.